The van der Waals surface area contributed by atoms with E-state index < -0.39 is 6.10 Å². The largest absolute Gasteiger partial charge is 0.491 e. The van der Waals surface area contributed by atoms with Crippen LogP contribution in [0.4, 0.5) is 0 Å². The third-order valence-electron chi connectivity index (χ3n) is 2.85. The number of hydrogen-bond donors (Lipinski definition) is 2. The number of para-hydroxylation sites is 1. The van der Waals surface area contributed by atoms with Crippen molar-refractivity contribution in [1.82, 2.24) is 5.32 Å². The van der Waals surface area contributed by atoms with Crippen molar-refractivity contribution < 1.29 is 14.6 Å². The zero-order valence-corrected chi connectivity index (χ0v) is 12.1. The minimum absolute atomic E-state index is 0.302. The second-order valence-corrected chi connectivity index (χ2v) is 4.95. The van der Waals surface area contributed by atoms with Crippen molar-refractivity contribution in [2.45, 2.75) is 20.0 Å². The van der Waals surface area contributed by atoms with Crippen LogP contribution in [0.25, 0.3) is 0 Å². The molecule has 0 saturated carbocycles. The van der Waals surface area contributed by atoms with Gasteiger partial charge in [-0.1, -0.05) is 25.1 Å². The molecule has 0 radical (unpaired) electrons. The molecule has 2 N–H and O–H groups in total. The standard InChI is InChI=1S/C15H25NO3/c1-12(10-18-3)8-16-9-14(17)11-19-15-7-5-4-6-13(15)2/h4-7,12,14,16-17H,8-11H2,1-3H3. The fraction of sp³-hybridized carbons (Fsp3) is 0.600. The number of nitrogens with one attached hydrogen (secondary N) is 1. The van der Waals surface area contributed by atoms with Crippen LogP contribution >= 0.6 is 0 Å². The minimum atomic E-state index is -0.505. The van der Waals surface area contributed by atoms with Crippen molar-refractivity contribution in [2.24, 2.45) is 5.92 Å². The average Bonchev–Trinajstić information content (AvgIpc) is 2.38. The van der Waals surface area contributed by atoms with Crippen LogP contribution in [0, 0.1) is 12.8 Å². The summed E-state index contributed by atoms with van der Waals surface area (Å²) in [5.74, 6) is 1.27. The van der Waals surface area contributed by atoms with Gasteiger partial charge in [0.2, 0.25) is 0 Å². The molecule has 1 rings (SSSR count). The molecule has 0 aromatic heterocycles. The number of aryl methyl sites for hydroxylation is 1. The van der Waals surface area contributed by atoms with Crippen molar-refractivity contribution >= 4 is 0 Å². The van der Waals surface area contributed by atoms with Crippen molar-refractivity contribution in [2.75, 3.05) is 33.4 Å². The van der Waals surface area contributed by atoms with E-state index in [4.69, 9.17) is 9.47 Å². The summed E-state index contributed by atoms with van der Waals surface area (Å²) in [7, 11) is 1.70. The van der Waals surface area contributed by atoms with E-state index in [1.54, 1.807) is 7.11 Å². The highest BCUT2D eigenvalue weighted by molar-refractivity contribution is 5.31. The lowest BCUT2D eigenvalue weighted by Crippen LogP contribution is -2.34. The molecule has 4 nitrogen and oxygen atoms in total. The highest BCUT2D eigenvalue weighted by Crippen LogP contribution is 2.16. The van der Waals surface area contributed by atoms with Gasteiger partial charge in [-0.3, -0.25) is 0 Å². The summed E-state index contributed by atoms with van der Waals surface area (Å²) in [6, 6.07) is 7.80. The molecule has 0 spiro atoms. The summed E-state index contributed by atoms with van der Waals surface area (Å²) in [5.41, 5.74) is 1.08. The predicted octanol–water partition coefficient (Wildman–Crippen LogP) is 1.61. The third kappa shape index (κ3) is 6.57. The summed E-state index contributed by atoms with van der Waals surface area (Å²) in [5, 5.41) is 13.0. The molecule has 0 amide bonds. The molecule has 0 heterocycles. The number of rotatable bonds is 9. The van der Waals surface area contributed by atoms with Gasteiger partial charge in [-0.25, -0.2) is 0 Å². The maximum absolute atomic E-state index is 9.83. The van der Waals surface area contributed by atoms with Crippen molar-refractivity contribution in [3.05, 3.63) is 29.8 Å². The molecule has 2 atom stereocenters. The van der Waals surface area contributed by atoms with Gasteiger partial charge in [0.25, 0.3) is 0 Å². The van der Waals surface area contributed by atoms with Crippen LogP contribution in [-0.2, 0) is 4.74 Å². The minimum Gasteiger partial charge on any atom is -0.491 e. The van der Waals surface area contributed by atoms with E-state index in [9.17, 15) is 5.11 Å². The molecule has 0 saturated heterocycles. The number of methoxy groups -OCH3 is 1. The summed E-state index contributed by atoms with van der Waals surface area (Å²) in [6.45, 7) is 6.48. The smallest absolute Gasteiger partial charge is 0.122 e. The SMILES string of the molecule is COCC(C)CNCC(O)COc1ccccc1C. The van der Waals surface area contributed by atoms with Gasteiger partial charge in [-0.2, -0.15) is 0 Å². The van der Waals surface area contributed by atoms with Crippen LogP contribution in [0.1, 0.15) is 12.5 Å². The lowest BCUT2D eigenvalue weighted by molar-refractivity contribution is 0.102. The normalized spacial score (nSPS) is 14.1. The average molecular weight is 267 g/mol. The highest BCUT2D eigenvalue weighted by Gasteiger charge is 2.07. The molecule has 0 fully saturated rings. The summed E-state index contributed by atoms with van der Waals surface area (Å²) >= 11 is 0. The molecule has 108 valence electrons. The van der Waals surface area contributed by atoms with Crippen molar-refractivity contribution in [3.8, 4) is 5.75 Å². The van der Waals surface area contributed by atoms with Gasteiger partial charge in [0, 0.05) is 20.3 Å². The Morgan fingerprint density at radius 2 is 1.95 bits per heavy atom. The number of hydrogen-bond acceptors (Lipinski definition) is 4. The second-order valence-electron chi connectivity index (χ2n) is 4.95. The van der Waals surface area contributed by atoms with Gasteiger partial charge in [0.05, 0.1) is 0 Å². The van der Waals surface area contributed by atoms with E-state index >= 15 is 0 Å². The first-order valence-corrected chi connectivity index (χ1v) is 6.69. The maximum atomic E-state index is 9.83. The van der Waals surface area contributed by atoms with Crippen LogP contribution in [0.2, 0.25) is 0 Å². The number of aliphatic hydroxyl groups is 1. The van der Waals surface area contributed by atoms with E-state index in [1.165, 1.54) is 0 Å². The van der Waals surface area contributed by atoms with E-state index in [0.29, 0.717) is 19.1 Å². The molecule has 0 aliphatic heterocycles. The van der Waals surface area contributed by atoms with Crippen LogP contribution in [0.5, 0.6) is 5.75 Å². The molecule has 2 unspecified atom stereocenters. The van der Waals surface area contributed by atoms with Gasteiger partial charge < -0.3 is 19.9 Å². The first-order chi connectivity index (χ1) is 9.13. The lowest BCUT2D eigenvalue weighted by atomic mass is 10.2. The maximum Gasteiger partial charge on any atom is 0.122 e. The van der Waals surface area contributed by atoms with Gasteiger partial charge in [0.15, 0.2) is 0 Å². The van der Waals surface area contributed by atoms with Gasteiger partial charge in [-0.05, 0) is 31.0 Å². The Labute approximate surface area is 115 Å². The quantitative estimate of drug-likeness (QED) is 0.713. The number of aliphatic hydroxyl groups excluding tert-OH is 1. The van der Waals surface area contributed by atoms with E-state index in [-0.39, 0.29) is 0 Å². The summed E-state index contributed by atoms with van der Waals surface area (Å²) in [4.78, 5) is 0. The Bertz CT molecular complexity index is 357. The summed E-state index contributed by atoms with van der Waals surface area (Å²) < 4.78 is 10.6. The van der Waals surface area contributed by atoms with Crippen LogP contribution in [-0.4, -0.2) is 44.6 Å². The molecule has 1 aromatic carbocycles. The zero-order valence-electron chi connectivity index (χ0n) is 12.1. The Hall–Kier alpha value is -1.10. The number of benzene rings is 1. The van der Waals surface area contributed by atoms with Crippen LogP contribution < -0.4 is 10.1 Å². The third-order valence-corrected chi connectivity index (χ3v) is 2.85. The van der Waals surface area contributed by atoms with Crippen molar-refractivity contribution in [3.63, 3.8) is 0 Å². The van der Waals surface area contributed by atoms with E-state index in [0.717, 1.165) is 24.5 Å². The van der Waals surface area contributed by atoms with Gasteiger partial charge >= 0.3 is 0 Å². The van der Waals surface area contributed by atoms with Crippen LogP contribution in [0.15, 0.2) is 24.3 Å². The first kappa shape index (κ1) is 16.0. The molecule has 19 heavy (non-hydrogen) atoms. The van der Waals surface area contributed by atoms with Crippen molar-refractivity contribution in [1.29, 1.82) is 0 Å². The van der Waals surface area contributed by atoms with Gasteiger partial charge in [-0.15, -0.1) is 0 Å². The molecular weight excluding hydrogens is 242 g/mol. The first-order valence-electron chi connectivity index (χ1n) is 6.69. The fourth-order valence-electron chi connectivity index (χ4n) is 1.80. The van der Waals surface area contributed by atoms with Crippen LogP contribution in [0.3, 0.4) is 0 Å². The van der Waals surface area contributed by atoms with Gasteiger partial charge in [0.1, 0.15) is 18.5 Å². The second kappa shape index (κ2) is 8.91. The van der Waals surface area contributed by atoms with E-state index in [2.05, 4.69) is 12.2 Å². The summed E-state index contributed by atoms with van der Waals surface area (Å²) in [6.07, 6.45) is -0.505. The molecule has 0 bridgehead atoms. The Kier molecular flexibility index (Phi) is 7.48. The topological polar surface area (TPSA) is 50.7 Å². The highest BCUT2D eigenvalue weighted by atomic mass is 16.5. The molecule has 0 aliphatic rings. The molecular formula is C15H25NO3. The Balaban J connectivity index is 2.18. The predicted molar refractivity (Wildman–Crippen MR) is 76.6 cm³/mol. The Morgan fingerprint density at radius 3 is 2.63 bits per heavy atom. The lowest BCUT2D eigenvalue weighted by Gasteiger charge is -2.16. The zero-order chi connectivity index (χ0) is 14.1. The molecule has 0 aliphatic carbocycles. The molecule has 1 aromatic rings. The fourth-order valence-corrected chi connectivity index (χ4v) is 1.80. The van der Waals surface area contributed by atoms with E-state index in [1.807, 2.05) is 31.2 Å². The monoisotopic (exact) mass is 267 g/mol. The Morgan fingerprint density at radius 1 is 1.21 bits per heavy atom. The molecule has 4 heteroatoms. The number of ether oxygens (including phenoxy) is 2.